The first-order chi connectivity index (χ1) is 17.0. The number of nitrogens with zero attached hydrogens (tertiary/aromatic N) is 2. The third kappa shape index (κ3) is 6.26. The number of carbonyl (C=O) groups is 2. The molecule has 0 saturated carbocycles. The molecule has 1 amide bonds. The van der Waals surface area contributed by atoms with Gasteiger partial charge in [-0.15, -0.1) is 0 Å². The van der Waals surface area contributed by atoms with Crippen molar-refractivity contribution in [2.75, 3.05) is 20.2 Å². The van der Waals surface area contributed by atoms with Crippen LogP contribution in [0.15, 0.2) is 71.7 Å². The molecule has 7 heteroatoms. The van der Waals surface area contributed by atoms with E-state index >= 15 is 0 Å². The van der Waals surface area contributed by atoms with Gasteiger partial charge in [-0.3, -0.25) is 9.79 Å². The number of benzene rings is 3. The number of aromatic carboxylic acids is 1. The molecular weight excluding hydrogens is 444 g/mol. The predicted octanol–water partition coefficient (Wildman–Crippen LogP) is 5.35. The molecule has 0 atom stereocenters. The molecule has 1 aliphatic heterocycles. The zero-order valence-electron chi connectivity index (χ0n) is 19.6. The number of hydrogen-bond acceptors (Lipinski definition) is 5. The second-order valence-corrected chi connectivity index (χ2v) is 8.36. The molecular formula is C28H28N2O5. The molecule has 180 valence electrons. The van der Waals surface area contributed by atoms with E-state index < -0.39 is 5.97 Å². The van der Waals surface area contributed by atoms with Crippen molar-refractivity contribution in [3.63, 3.8) is 0 Å². The lowest BCUT2D eigenvalue weighted by Crippen LogP contribution is -2.35. The summed E-state index contributed by atoms with van der Waals surface area (Å²) in [6.45, 7) is 2.00. The lowest BCUT2D eigenvalue weighted by molar-refractivity contribution is 0.0694. The van der Waals surface area contributed by atoms with Crippen molar-refractivity contribution in [1.82, 2.24) is 4.90 Å². The van der Waals surface area contributed by atoms with Gasteiger partial charge in [-0.1, -0.05) is 18.2 Å². The van der Waals surface area contributed by atoms with Gasteiger partial charge in [-0.25, -0.2) is 4.79 Å². The number of carboxylic acids is 1. The average Bonchev–Trinajstić information content (AvgIpc) is 2.91. The normalized spacial score (nSPS) is 13.6. The number of amides is 1. The molecule has 4 rings (SSSR count). The Morgan fingerprint density at radius 2 is 1.71 bits per heavy atom. The summed E-state index contributed by atoms with van der Waals surface area (Å²) in [4.78, 5) is 30.0. The van der Waals surface area contributed by atoms with Gasteiger partial charge in [0, 0.05) is 24.9 Å². The molecule has 0 radical (unpaired) electrons. The number of rotatable bonds is 8. The summed E-state index contributed by atoms with van der Waals surface area (Å²) in [6.07, 6.45) is 4.98. The van der Waals surface area contributed by atoms with Crippen LogP contribution in [-0.2, 0) is 6.61 Å². The molecule has 1 heterocycles. The van der Waals surface area contributed by atoms with Crippen LogP contribution in [0.25, 0.3) is 0 Å². The standard InChI is InChI=1S/C28H28N2O5/c1-34-26-16-21(18-29-24-7-5-6-23(17-24)28(32)33)10-13-25(26)35-19-20-8-11-22(12-9-20)27(31)30-14-3-2-4-15-30/h5-13,16-18H,2-4,14-15,19H2,1H3,(H,32,33). The van der Waals surface area contributed by atoms with Crippen molar-refractivity contribution in [3.8, 4) is 11.5 Å². The first-order valence-electron chi connectivity index (χ1n) is 11.6. The first kappa shape index (κ1) is 24.0. The highest BCUT2D eigenvalue weighted by Gasteiger charge is 2.18. The maximum atomic E-state index is 12.6. The van der Waals surface area contributed by atoms with E-state index in [1.165, 1.54) is 18.6 Å². The second kappa shape index (κ2) is 11.3. The van der Waals surface area contributed by atoms with E-state index in [1.807, 2.05) is 41.3 Å². The van der Waals surface area contributed by atoms with Crippen LogP contribution in [0.5, 0.6) is 11.5 Å². The Hall–Kier alpha value is -4.13. The molecule has 0 unspecified atom stereocenters. The topological polar surface area (TPSA) is 88.4 Å². The van der Waals surface area contributed by atoms with E-state index in [4.69, 9.17) is 14.6 Å². The maximum absolute atomic E-state index is 12.6. The van der Waals surface area contributed by atoms with E-state index in [0.717, 1.165) is 37.1 Å². The third-order valence-corrected chi connectivity index (χ3v) is 5.88. The van der Waals surface area contributed by atoms with Crippen LogP contribution in [0.2, 0.25) is 0 Å². The summed E-state index contributed by atoms with van der Waals surface area (Å²) in [5.74, 6) is 0.246. The van der Waals surface area contributed by atoms with Gasteiger partial charge in [0.2, 0.25) is 0 Å². The summed E-state index contributed by atoms with van der Waals surface area (Å²) >= 11 is 0. The summed E-state index contributed by atoms with van der Waals surface area (Å²) < 4.78 is 11.4. The zero-order chi connectivity index (χ0) is 24.6. The van der Waals surface area contributed by atoms with Crippen molar-refractivity contribution in [1.29, 1.82) is 0 Å². The summed E-state index contributed by atoms with van der Waals surface area (Å²) in [5, 5.41) is 9.12. The van der Waals surface area contributed by atoms with Gasteiger partial charge in [0.1, 0.15) is 6.61 Å². The summed E-state index contributed by atoms with van der Waals surface area (Å²) in [7, 11) is 1.57. The SMILES string of the molecule is COc1cc(C=Nc2cccc(C(=O)O)c2)ccc1OCc1ccc(C(=O)N2CCCCC2)cc1. The first-order valence-corrected chi connectivity index (χ1v) is 11.6. The molecule has 0 spiro atoms. The van der Waals surface area contributed by atoms with E-state index in [-0.39, 0.29) is 11.5 Å². The molecule has 0 aliphatic carbocycles. The number of aliphatic imine (C=N–C) groups is 1. The molecule has 1 aliphatic rings. The molecule has 1 N–H and O–H groups in total. The number of piperidine rings is 1. The van der Waals surface area contributed by atoms with Crippen LogP contribution in [0.3, 0.4) is 0 Å². The Bertz CT molecular complexity index is 1210. The van der Waals surface area contributed by atoms with Crippen LogP contribution in [-0.4, -0.2) is 48.3 Å². The Morgan fingerprint density at radius 3 is 2.43 bits per heavy atom. The van der Waals surface area contributed by atoms with Crippen molar-refractivity contribution in [2.24, 2.45) is 4.99 Å². The average molecular weight is 473 g/mol. The molecule has 35 heavy (non-hydrogen) atoms. The van der Waals surface area contributed by atoms with Crippen molar-refractivity contribution < 1.29 is 24.2 Å². The lowest BCUT2D eigenvalue weighted by atomic mass is 10.1. The Labute approximate surface area is 204 Å². The van der Waals surface area contributed by atoms with Gasteiger partial charge in [-0.05, 0) is 78.9 Å². The number of ether oxygens (including phenoxy) is 2. The third-order valence-electron chi connectivity index (χ3n) is 5.88. The van der Waals surface area contributed by atoms with E-state index in [0.29, 0.717) is 29.4 Å². The molecule has 7 nitrogen and oxygen atoms in total. The highest BCUT2D eigenvalue weighted by atomic mass is 16.5. The fourth-order valence-corrected chi connectivity index (χ4v) is 3.94. The molecule has 1 saturated heterocycles. The highest BCUT2D eigenvalue weighted by molar-refractivity contribution is 5.94. The quantitative estimate of drug-likeness (QED) is 0.447. The van der Waals surface area contributed by atoms with Crippen molar-refractivity contribution in [3.05, 3.63) is 89.0 Å². The maximum Gasteiger partial charge on any atom is 0.335 e. The number of carbonyl (C=O) groups excluding carboxylic acids is 1. The van der Waals surface area contributed by atoms with E-state index in [1.54, 1.807) is 31.5 Å². The zero-order valence-corrected chi connectivity index (χ0v) is 19.6. The van der Waals surface area contributed by atoms with Gasteiger partial charge < -0.3 is 19.5 Å². The van der Waals surface area contributed by atoms with Gasteiger partial charge in [0.25, 0.3) is 5.91 Å². The van der Waals surface area contributed by atoms with Crippen molar-refractivity contribution >= 4 is 23.8 Å². The Kier molecular flexibility index (Phi) is 7.77. The van der Waals surface area contributed by atoms with Crippen LogP contribution < -0.4 is 9.47 Å². The minimum Gasteiger partial charge on any atom is -0.493 e. The highest BCUT2D eigenvalue weighted by Crippen LogP contribution is 2.29. The van der Waals surface area contributed by atoms with Crippen LogP contribution >= 0.6 is 0 Å². The van der Waals surface area contributed by atoms with Gasteiger partial charge in [0.05, 0.1) is 18.4 Å². The fraction of sp³-hybridized carbons (Fsp3) is 0.250. The summed E-state index contributed by atoms with van der Waals surface area (Å²) in [5.41, 5.74) is 3.17. The number of methoxy groups -OCH3 is 1. The smallest absolute Gasteiger partial charge is 0.335 e. The lowest BCUT2D eigenvalue weighted by Gasteiger charge is -2.26. The van der Waals surface area contributed by atoms with Crippen molar-refractivity contribution in [2.45, 2.75) is 25.9 Å². The number of likely N-dealkylation sites (tertiary alicyclic amines) is 1. The van der Waals surface area contributed by atoms with Gasteiger partial charge >= 0.3 is 5.97 Å². The van der Waals surface area contributed by atoms with E-state index in [2.05, 4.69) is 4.99 Å². The van der Waals surface area contributed by atoms with Gasteiger partial charge in [-0.2, -0.15) is 0 Å². The van der Waals surface area contributed by atoms with Crippen LogP contribution in [0.4, 0.5) is 5.69 Å². The molecule has 1 fully saturated rings. The molecule has 3 aromatic rings. The minimum atomic E-state index is -0.992. The second-order valence-electron chi connectivity index (χ2n) is 8.36. The number of carboxylic acid groups (broad SMARTS) is 1. The van der Waals surface area contributed by atoms with Crippen LogP contribution in [0.1, 0.15) is 51.1 Å². The van der Waals surface area contributed by atoms with E-state index in [9.17, 15) is 9.59 Å². The van der Waals surface area contributed by atoms with Crippen LogP contribution in [0, 0.1) is 0 Å². The summed E-state index contributed by atoms with van der Waals surface area (Å²) in [6, 6.07) is 19.4. The predicted molar refractivity (Wildman–Crippen MR) is 134 cm³/mol. The Morgan fingerprint density at radius 1 is 0.943 bits per heavy atom. The molecule has 3 aromatic carbocycles. The molecule has 0 aromatic heterocycles. The fourth-order valence-electron chi connectivity index (χ4n) is 3.94. The Balaban J connectivity index is 1.38. The molecule has 0 bridgehead atoms. The monoisotopic (exact) mass is 472 g/mol. The largest absolute Gasteiger partial charge is 0.493 e. The number of hydrogen-bond donors (Lipinski definition) is 1. The van der Waals surface area contributed by atoms with Gasteiger partial charge in [0.15, 0.2) is 11.5 Å². The minimum absolute atomic E-state index is 0.0887.